The highest BCUT2D eigenvalue weighted by molar-refractivity contribution is 5.96. The highest BCUT2D eigenvalue weighted by Crippen LogP contribution is 2.29. The first-order valence-electron chi connectivity index (χ1n) is 17.0. The van der Waals surface area contributed by atoms with Crippen LogP contribution in [0.2, 0.25) is 0 Å². The number of aliphatic hydroxyl groups is 1. The van der Waals surface area contributed by atoms with Crippen molar-refractivity contribution in [3.8, 4) is 16.9 Å². The van der Waals surface area contributed by atoms with Crippen molar-refractivity contribution < 1.29 is 24.2 Å². The molecule has 1 aliphatic heterocycles. The fourth-order valence-electron chi connectivity index (χ4n) is 6.11. The molecule has 6 rings (SSSR count). The molecule has 0 atom stereocenters. The Morgan fingerprint density at radius 2 is 1.38 bits per heavy atom. The Hall–Kier alpha value is -5.54. The number of esters is 1. The van der Waals surface area contributed by atoms with Crippen molar-refractivity contribution in [3.05, 3.63) is 143 Å². The Morgan fingerprint density at radius 1 is 0.780 bits per heavy atom. The van der Waals surface area contributed by atoms with Crippen LogP contribution >= 0.6 is 0 Å². The second-order valence-electron chi connectivity index (χ2n) is 12.5. The van der Waals surface area contributed by atoms with Gasteiger partial charge in [-0.05, 0) is 65.6 Å². The molecule has 9 nitrogen and oxygen atoms in total. The Kier molecular flexibility index (Phi) is 11.5. The summed E-state index contributed by atoms with van der Waals surface area (Å²) >= 11 is 0. The summed E-state index contributed by atoms with van der Waals surface area (Å²) in [5.74, 6) is 0.184. The quantitative estimate of drug-likeness (QED) is 0.137. The third-order valence-corrected chi connectivity index (χ3v) is 8.95. The van der Waals surface area contributed by atoms with E-state index in [-0.39, 0.29) is 32.1 Å². The van der Waals surface area contributed by atoms with Gasteiger partial charge in [-0.3, -0.25) is 9.59 Å². The number of rotatable bonds is 13. The van der Waals surface area contributed by atoms with Gasteiger partial charge >= 0.3 is 5.97 Å². The standard InChI is InChI=1S/C41H42N4O5/c1-29-40(50-28-33-10-6-3-7-11-33)39(41(48)42-25-38(47)49-27-32-8-4-2-5-9-32)44-37(43-29)24-30-20-22-45(23-21-30)36-18-16-35(17-19-36)34-14-12-31(26-46)13-15-34/h2-19,30,46H,20-28H2,1H3,(H,42,48). The third kappa shape index (κ3) is 9.12. The maximum Gasteiger partial charge on any atom is 0.325 e. The van der Waals surface area contributed by atoms with Crippen LogP contribution in [0.1, 0.15) is 51.5 Å². The summed E-state index contributed by atoms with van der Waals surface area (Å²) in [7, 11) is 0. The van der Waals surface area contributed by atoms with Crippen LogP contribution in [-0.2, 0) is 35.8 Å². The molecule has 1 aromatic heterocycles. The summed E-state index contributed by atoms with van der Waals surface area (Å²) in [5.41, 5.74) is 6.85. The largest absolute Gasteiger partial charge is 0.485 e. The molecule has 2 heterocycles. The third-order valence-electron chi connectivity index (χ3n) is 8.95. The zero-order valence-electron chi connectivity index (χ0n) is 28.3. The van der Waals surface area contributed by atoms with Gasteiger partial charge in [0.1, 0.15) is 25.6 Å². The van der Waals surface area contributed by atoms with Gasteiger partial charge in [0.05, 0.1) is 12.3 Å². The first-order valence-corrected chi connectivity index (χ1v) is 17.0. The fourth-order valence-corrected chi connectivity index (χ4v) is 6.11. The van der Waals surface area contributed by atoms with Gasteiger partial charge in [-0.25, -0.2) is 9.97 Å². The first kappa shape index (κ1) is 34.3. The predicted octanol–water partition coefficient (Wildman–Crippen LogP) is 6.46. The van der Waals surface area contributed by atoms with Crippen LogP contribution < -0.4 is 15.0 Å². The molecule has 4 aromatic carbocycles. The summed E-state index contributed by atoms with van der Waals surface area (Å²) in [5, 5.41) is 12.0. The minimum absolute atomic E-state index is 0.0415. The summed E-state index contributed by atoms with van der Waals surface area (Å²) < 4.78 is 11.5. The van der Waals surface area contributed by atoms with Crippen molar-refractivity contribution >= 4 is 17.6 Å². The molecule has 2 N–H and O–H groups in total. The summed E-state index contributed by atoms with van der Waals surface area (Å²) in [6, 6.07) is 35.7. The van der Waals surface area contributed by atoms with Gasteiger partial charge in [-0.15, -0.1) is 0 Å². The molecule has 1 aliphatic rings. The van der Waals surface area contributed by atoms with Crippen molar-refractivity contribution in [3.63, 3.8) is 0 Å². The average molecular weight is 671 g/mol. The van der Waals surface area contributed by atoms with E-state index in [1.165, 1.54) is 5.69 Å². The Morgan fingerprint density at radius 3 is 2.00 bits per heavy atom. The van der Waals surface area contributed by atoms with Crippen LogP contribution in [0.4, 0.5) is 5.69 Å². The summed E-state index contributed by atoms with van der Waals surface area (Å²) in [6.07, 6.45) is 2.57. The molecule has 9 heteroatoms. The number of ether oxygens (including phenoxy) is 2. The SMILES string of the molecule is Cc1nc(CC2CCN(c3ccc(-c4ccc(CO)cc4)cc3)CC2)nc(C(=O)NCC(=O)OCc2ccccc2)c1OCc1ccccc1. The Labute approximate surface area is 292 Å². The number of benzene rings is 4. The molecule has 0 spiro atoms. The number of amides is 1. The maximum absolute atomic E-state index is 13.5. The lowest BCUT2D eigenvalue weighted by Crippen LogP contribution is -2.35. The van der Waals surface area contributed by atoms with Crippen molar-refractivity contribution in [2.75, 3.05) is 24.5 Å². The number of aliphatic hydroxyl groups excluding tert-OH is 1. The van der Waals surface area contributed by atoms with E-state index in [9.17, 15) is 14.7 Å². The molecule has 1 fully saturated rings. The molecular formula is C41H42N4O5. The number of carbonyl (C=O) groups excluding carboxylic acids is 2. The van der Waals surface area contributed by atoms with E-state index in [2.05, 4.69) is 34.5 Å². The van der Waals surface area contributed by atoms with Crippen LogP contribution in [0.3, 0.4) is 0 Å². The van der Waals surface area contributed by atoms with E-state index in [4.69, 9.17) is 19.4 Å². The van der Waals surface area contributed by atoms with E-state index in [0.717, 1.165) is 53.7 Å². The Bertz CT molecular complexity index is 1860. The molecule has 0 radical (unpaired) electrons. The normalized spacial score (nSPS) is 13.1. The monoisotopic (exact) mass is 670 g/mol. The smallest absolute Gasteiger partial charge is 0.325 e. The minimum Gasteiger partial charge on any atom is -0.485 e. The second kappa shape index (κ2) is 16.7. The molecule has 0 unspecified atom stereocenters. The van der Waals surface area contributed by atoms with E-state index in [0.29, 0.717) is 29.6 Å². The van der Waals surface area contributed by atoms with Crippen LogP contribution in [0.25, 0.3) is 11.1 Å². The number of hydrogen-bond acceptors (Lipinski definition) is 8. The number of carbonyl (C=O) groups is 2. The van der Waals surface area contributed by atoms with Crippen LogP contribution in [0.5, 0.6) is 5.75 Å². The molecule has 1 saturated heterocycles. The number of aromatic nitrogens is 2. The maximum atomic E-state index is 13.5. The lowest BCUT2D eigenvalue weighted by Gasteiger charge is -2.33. The summed E-state index contributed by atoms with van der Waals surface area (Å²) in [4.78, 5) is 37.8. The molecule has 0 bridgehead atoms. The Balaban J connectivity index is 1.09. The number of piperidine rings is 1. The minimum atomic E-state index is -0.543. The van der Waals surface area contributed by atoms with Gasteiger partial charge in [0, 0.05) is 25.2 Å². The fraction of sp³-hybridized carbons (Fsp3) is 0.268. The number of nitrogens with zero attached hydrogens (tertiary/aromatic N) is 3. The molecule has 5 aromatic rings. The van der Waals surface area contributed by atoms with Gasteiger partial charge in [0.2, 0.25) is 0 Å². The molecule has 0 saturated carbocycles. The second-order valence-corrected chi connectivity index (χ2v) is 12.5. The lowest BCUT2D eigenvalue weighted by atomic mass is 9.92. The van der Waals surface area contributed by atoms with Crippen molar-refractivity contribution in [2.24, 2.45) is 5.92 Å². The van der Waals surface area contributed by atoms with E-state index < -0.39 is 11.9 Å². The average Bonchev–Trinajstić information content (AvgIpc) is 3.17. The molecule has 1 amide bonds. The first-order chi connectivity index (χ1) is 24.4. The van der Waals surface area contributed by atoms with Gasteiger partial charge in [0.25, 0.3) is 5.91 Å². The van der Waals surface area contributed by atoms with E-state index >= 15 is 0 Å². The number of hydrogen-bond donors (Lipinski definition) is 2. The van der Waals surface area contributed by atoms with Crippen molar-refractivity contribution in [1.29, 1.82) is 0 Å². The molecule has 256 valence electrons. The van der Waals surface area contributed by atoms with Gasteiger partial charge in [-0.2, -0.15) is 0 Å². The summed E-state index contributed by atoms with van der Waals surface area (Å²) in [6.45, 7) is 3.76. The number of anilines is 1. The molecule has 50 heavy (non-hydrogen) atoms. The highest BCUT2D eigenvalue weighted by Gasteiger charge is 2.25. The predicted molar refractivity (Wildman–Crippen MR) is 193 cm³/mol. The van der Waals surface area contributed by atoms with Gasteiger partial charge in [-0.1, -0.05) is 97.1 Å². The number of aryl methyl sites for hydroxylation is 1. The zero-order chi connectivity index (χ0) is 34.7. The van der Waals surface area contributed by atoms with Gasteiger partial charge < -0.3 is 24.8 Å². The van der Waals surface area contributed by atoms with Crippen molar-refractivity contribution in [1.82, 2.24) is 15.3 Å². The van der Waals surface area contributed by atoms with Crippen molar-refractivity contribution in [2.45, 2.75) is 46.0 Å². The molecular weight excluding hydrogens is 628 g/mol. The van der Waals surface area contributed by atoms with Crippen LogP contribution in [-0.4, -0.2) is 46.6 Å². The topological polar surface area (TPSA) is 114 Å². The lowest BCUT2D eigenvalue weighted by molar-refractivity contribution is -0.143. The zero-order valence-corrected chi connectivity index (χ0v) is 28.3. The highest BCUT2D eigenvalue weighted by atomic mass is 16.5. The van der Waals surface area contributed by atoms with Crippen LogP contribution in [0.15, 0.2) is 109 Å². The van der Waals surface area contributed by atoms with Gasteiger partial charge in [0.15, 0.2) is 11.4 Å². The van der Waals surface area contributed by atoms with E-state index in [1.807, 2.05) is 91.9 Å². The number of nitrogens with one attached hydrogen (secondary N) is 1. The molecule has 0 aliphatic carbocycles. The van der Waals surface area contributed by atoms with Crippen LogP contribution in [0, 0.1) is 12.8 Å². The van der Waals surface area contributed by atoms with E-state index in [1.54, 1.807) is 0 Å².